The second kappa shape index (κ2) is 7.33. The minimum Gasteiger partial charge on any atom is -0.497 e. The van der Waals surface area contributed by atoms with Gasteiger partial charge in [0.05, 0.1) is 14.2 Å². The number of hydrogen-bond acceptors (Lipinski definition) is 4. The maximum absolute atomic E-state index is 11.8. The Hall–Kier alpha value is -2.50. The topological polar surface area (TPSA) is 65.4 Å². The molecule has 0 fully saturated rings. The fraction of sp³-hybridized carbons (Fsp3) is 0.333. The van der Waals surface area contributed by atoms with E-state index in [1.807, 2.05) is 18.2 Å². The zero-order valence-corrected chi connectivity index (χ0v) is 12.2. The molecule has 0 saturated carbocycles. The van der Waals surface area contributed by atoms with Crippen molar-refractivity contribution < 1.29 is 14.3 Å². The van der Waals surface area contributed by atoms with Gasteiger partial charge in [-0.05, 0) is 36.2 Å². The largest absolute Gasteiger partial charge is 0.497 e. The molecule has 21 heavy (non-hydrogen) atoms. The van der Waals surface area contributed by atoms with E-state index in [0.717, 1.165) is 17.1 Å². The quantitative estimate of drug-likeness (QED) is 0.833. The molecule has 0 radical (unpaired) electrons. The molecule has 0 aliphatic carbocycles. The van der Waals surface area contributed by atoms with Crippen molar-refractivity contribution in [1.82, 2.24) is 15.1 Å². The van der Waals surface area contributed by atoms with Crippen LogP contribution in [0, 0.1) is 0 Å². The van der Waals surface area contributed by atoms with Crippen LogP contribution in [0.25, 0.3) is 0 Å². The van der Waals surface area contributed by atoms with Gasteiger partial charge in [-0.1, -0.05) is 0 Å². The lowest BCUT2D eigenvalue weighted by Gasteiger charge is -2.11. The molecule has 1 aromatic carbocycles. The van der Waals surface area contributed by atoms with Gasteiger partial charge >= 0.3 is 0 Å². The highest BCUT2D eigenvalue weighted by Crippen LogP contribution is 2.24. The summed E-state index contributed by atoms with van der Waals surface area (Å²) in [6.45, 7) is 0.756. The average molecular weight is 289 g/mol. The molecule has 6 nitrogen and oxygen atoms in total. The van der Waals surface area contributed by atoms with Crippen LogP contribution in [0.3, 0.4) is 0 Å². The Morgan fingerprint density at radius 1 is 1.33 bits per heavy atom. The Bertz CT molecular complexity index is 582. The van der Waals surface area contributed by atoms with Crippen molar-refractivity contribution in [3.63, 3.8) is 0 Å². The van der Waals surface area contributed by atoms with Crippen LogP contribution in [-0.4, -0.2) is 36.5 Å². The summed E-state index contributed by atoms with van der Waals surface area (Å²) in [6, 6.07) is 7.41. The number of carbonyl (C=O) groups is 1. The van der Waals surface area contributed by atoms with Crippen LogP contribution < -0.4 is 14.8 Å². The number of carbonyl (C=O) groups excluding carboxylic acids is 1. The fourth-order valence-corrected chi connectivity index (χ4v) is 2.01. The molecule has 1 N–H and O–H groups in total. The first-order valence-electron chi connectivity index (χ1n) is 6.68. The predicted octanol–water partition coefficient (Wildman–Crippen LogP) is 1.26. The van der Waals surface area contributed by atoms with Gasteiger partial charge in [-0.2, -0.15) is 5.10 Å². The lowest BCUT2D eigenvalue weighted by molar-refractivity contribution is -0.121. The Morgan fingerprint density at radius 3 is 2.86 bits per heavy atom. The maximum Gasteiger partial charge on any atom is 0.241 e. The van der Waals surface area contributed by atoms with E-state index in [2.05, 4.69) is 10.4 Å². The maximum atomic E-state index is 11.8. The third kappa shape index (κ3) is 4.24. The van der Waals surface area contributed by atoms with Gasteiger partial charge in [0.25, 0.3) is 0 Å². The van der Waals surface area contributed by atoms with E-state index in [9.17, 15) is 4.79 Å². The normalized spacial score (nSPS) is 10.2. The first-order valence-corrected chi connectivity index (χ1v) is 6.68. The van der Waals surface area contributed by atoms with Crippen molar-refractivity contribution in [2.45, 2.75) is 13.0 Å². The first kappa shape index (κ1) is 14.9. The van der Waals surface area contributed by atoms with Gasteiger partial charge in [0.1, 0.15) is 18.0 Å². The van der Waals surface area contributed by atoms with Crippen LogP contribution >= 0.6 is 0 Å². The van der Waals surface area contributed by atoms with Crippen molar-refractivity contribution in [2.75, 3.05) is 20.8 Å². The van der Waals surface area contributed by atoms with Crippen LogP contribution in [0.5, 0.6) is 11.5 Å². The molecule has 2 rings (SSSR count). The number of nitrogens with one attached hydrogen (secondary N) is 1. The van der Waals surface area contributed by atoms with E-state index in [1.165, 1.54) is 0 Å². The molecule has 0 atom stereocenters. The molecular weight excluding hydrogens is 270 g/mol. The van der Waals surface area contributed by atoms with E-state index < -0.39 is 0 Å². The summed E-state index contributed by atoms with van der Waals surface area (Å²) < 4.78 is 12.1. The SMILES string of the molecule is COc1ccc(OC)c(CCNC(=O)Cn2cccn2)c1. The van der Waals surface area contributed by atoms with Crippen molar-refractivity contribution in [1.29, 1.82) is 0 Å². The van der Waals surface area contributed by atoms with Crippen molar-refractivity contribution in [3.05, 3.63) is 42.2 Å². The number of ether oxygens (including phenoxy) is 2. The second-order valence-electron chi connectivity index (χ2n) is 4.48. The van der Waals surface area contributed by atoms with Gasteiger partial charge < -0.3 is 14.8 Å². The Morgan fingerprint density at radius 2 is 2.19 bits per heavy atom. The number of benzene rings is 1. The molecule has 0 saturated heterocycles. The number of amides is 1. The standard InChI is InChI=1S/C15H19N3O3/c1-20-13-4-5-14(21-2)12(10-13)6-8-16-15(19)11-18-9-3-7-17-18/h3-5,7,9-10H,6,8,11H2,1-2H3,(H,16,19). The average Bonchev–Trinajstić information content (AvgIpc) is 3.00. The molecular formula is C15H19N3O3. The van der Waals surface area contributed by atoms with Gasteiger partial charge in [-0.3, -0.25) is 9.48 Å². The Kier molecular flexibility index (Phi) is 5.20. The van der Waals surface area contributed by atoms with Gasteiger partial charge in [0.2, 0.25) is 5.91 Å². The summed E-state index contributed by atoms with van der Waals surface area (Å²) in [5.41, 5.74) is 0.997. The van der Waals surface area contributed by atoms with E-state index in [4.69, 9.17) is 9.47 Å². The highest BCUT2D eigenvalue weighted by atomic mass is 16.5. The van der Waals surface area contributed by atoms with E-state index in [-0.39, 0.29) is 12.5 Å². The highest BCUT2D eigenvalue weighted by Gasteiger charge is 2.07. The van der Waals surface area contributed by atoms with Crippen LogP contribution in [0.4, 0.5) is 0 Å². The Labute approximate surface area is 123 Å². The molecule has 6 heteroatoms. The van der Waals surface area contributed by atoms with Gasteiger partial charge in [-0.25, -0.2) is 0 Å². The monoisotopic (exact) mass is 289 g/mol. The van der Waals surface area contributed by atoms with Gasteiger partial charge in [0, 0.05) is 18.9 Å². The lowest BCUT2D eigenvalue weighted by atomic mass is 10.1. The van der Waals surface area contributed by atoms with Crippen molar-refractivity contribution >= 4 is 5.91 Å². The molecule has 1 aromatic heterocycles. The number of methoxy groups -OCH3 is 2. The zero-order chi connectivity index (χ0) is 15.1. The second-order valence-corrected chi connectivity index (χ2v) is 4.48. The minimum absolute atomic E-state index is 0.0689. The summed E-state index contributed by atoms with van der Waals surface area (Å²) in [6.07, 6.45) is 4.07. The summed E-state index contributed by atoms with van der Waals surface area (Å²) >= 11 is 0. The van der Waals surface area contributed by atoms with Crippen LogP contribution in [0.1, 0.15) is 5.56 Å². The highest BCUT2D eigenvalue weighted by molar-refractivity contribution is 5.75. The molecule has 2 aromatic rings. The Balaban J connectivity index is 1.86. The number of hydrogen-bond donors (Lipinski definition) is 1. The van der Waals surface area contributed by atoms with E-state index >= 15 is 0 Å². The summed E-state index contributed by atoms with van der Waals surface area (Å²) in [5.74, 6) is 1.49. The van der Waals surface area contributed by atoms with Crippen LogP contribution in [0.2, 0.25) is 0 Å². The molecule has 0 aliphatic rings. The molecule has 0 aliphatic heterocycles. The zero-order valence-electron chi connectivity index (χ0n) is 12.2. The third-order valence-corrected chi connectivity index (χ3v) is 3.07. The summed E-state index contributed by atoms with van der Waals surface area (Å²) in [4.78, 5) is 11.8. The summed E-state index contributed by atoms with van der Waals surface area (Å²) in [5, 5.41) is 6.85. The predicted molar refractivity (Wildman–Crippen MR) is 78.5 cm³/mol. The fourth-order valence-electron chi connectivity index (χ4n) is 2.01. The molecule has 0 unspecified atom stereocenters. The minimum atomic E-state index is -0.0689. The third-order valence-electron chi connectivity index (χ3n) is 3.07. The van der Waals surface area contributed by atoms with Crippen LogP contribution in [-0.2, 0) is 17.8 Å². The van der Waals surface area contributed by atoms with Crippen molar-refractivity contribution in [3.8, 4) is 11.5 Å². The number of nitrogens with zero attached hydrogens (tertiary/aromatic N) is 2. The number of aromatic nitrogens is 2. The molecule has 0 spiro atoms. The first-order chi connectivity index (χ1) is 10.2. The van der Waals surface area contributed by atoms with Gasteiger partial charge in [0.15, 0.2) is 0 Å². The molecule has 0 bridgehead atoms. The van der Waals surface area contributed by atoms with E-state index in [1.54, 1.807) is 37.4 Å². The number of rotatable bonds is 7. The van der Waals surface area contributed by atoms with Gasteiger partial charge in [-0.15, -0.1) is 0 Å². The van der Waals surface area contributed by atoms with E-state index in [0.29, 0.717) is 13.0 Å². The molecule has 1 amide bonds. The lowest BCUT2D eigenvalue weighted by Crippen LogP contribution is -2.29. The van der Waals surface area contributed by atoms with Crippen LogP contribution in [0.15, 0.2) is 36.7 Å². The summed E-state index contributed by atoms with van der Waals surface area (Å²) in [7, 11) is 3.25. The molecule has 1 heterocycles. The molecule has 112 valence electrons. The smallest absolute Gasteiger partial charge is 0.241 e. The van der Waals surface area contributed by atoms with Crippen molar-refractivity contribution in [2.24, 2.45) is 0 Å².